The van der Waals surface area contributed by atoms with E-state index in [0.717, 1.165) is 6.26 Å². The minimum atomic E-state index is -1.74. The lowest BCUT2D eigenvalue weighted by Crippen LogP contribution is -2.60. The van der Waals surface area contributed by atoms with Crippen LogP contribution in [-0.2, 0) is 23.8 Å². The highest BCUT2D eigenvalue weighted by Gasteiger charge is 2.47. The topological polar surface area (TPSA) is 224 Å². The number of aromatic nitrogens is 1. The fourth-order valence-corrected chi connectivity index (χ4v) is 4.83. The second kappa shape index (κ2) is 14.0. The fourth-order valence-electron chi connectivity index (χ4n) is 4.83. The van der Waals surface area contributed by atoms with Crippen molar-refractivity contribution in [3.8, 4) is 0 Å². The molecule has 0 spiro atoms. The minimum Gasteiger partial charge on any atom is -0.478 e. The van der Waals surface area contributed by atoms with E-state index in [4.69, 9.17) is 14.2 Å². The summed E-state index contributed by atoms with van der Waals surface area (Å²) < 4.78 is 17.8. The lowest BCUT2D eigenvalue weighted by atomic mass is 9.83. The first-order valence-electron chi connectivity index (χ1n) is 13.2. The number of rotatable bonds is 12. The molecule has 42 heavy (non-hydrogen) atoms. The lowest BCUT2D eigenvalue weighted by Gasteiger charge is -2.42. The van der Waals surface area contributed by atoms with Gasteiger partial charge in [0.1, 0.15) is 30.0 Å². The molecule has 0 amide bonds. The number of pyridine rings is 1. The first kappa shape index (κ1) is 32.8. The molecule has 9 atom stereocenters. The van der Waals surface area contributed by atoms with E-state index in [1.54, 1.807) is 0 Å². The van der Waals surface area contributed by atoms with Gasteiger partial charge in [-0.2, -0.15) is 4.57 Å². The molecule has 1 aromatic rings. The van der Waals surface area contributed by atoms with Crippen LogP contribution in [0.1, 0.15) is 42.2 Å². The Hall–Kier alpha value is -3.66. The molecule has 1 aromatic heterocycles. The molecule has 14 heteroatoms. The molecule has 1 saturated heterocycles. The van der Waals surface area contributed by atoms with E-state index in [-0.39, 0.29) is 29.0 Å². The number of nitrogens with zero attached hydrogens (tertiary/aromatic N) is 1. The number of allylic oxidation sites excluding steroid dienone is 1. The van der Waals surface area contributed by atoms with Crippen LogP contribution in [0.15, 0.2) is 49.0 Å². The van der Waals surface area contributed by atoms with Crippen molar-refractivity contribution in [3.05, 3.63) is 60.2 Å². The summed E-state index contributed by atoms with van der Waals surface area (Å²) in [5, 5.41) is 69.1. The SMILES string of the molecule is C=C[C@H]1[C@H](O[C@H]2O[C@@H](CO)[C@H](O)[C@@H](O)[C@@H]2O)OC=C(C(=O)O)[C@H]1/C=C/c1cc(C(=O)O)c[n+]([C@@H](CC(C)C)C(=O)O)c1. The molecular formula is C28H36NO13+. The standard InChI is InChI=1S/C28H35NO13/c1-4-16-17(6-5-14-8-15(24(34)35)10-29(9-14)19(26(38)39)7-13(2)3)18(25(36)37)12-40-27(16)42-28-23(33)22(32)21(31)20(11-30)41-28/h4-6,8-10,12-13,16-17,19-23,27-28,30-33H,1,7,11H2,2-3H3,(H2-,34,35,36,37,38,39)/p+1/b6-5+/t16-,17+,19+,20+,21+,22-,23+,27+,28-/m1/s1. The fraction of sp³-hybridized carbons (Fsp3) is 0.500. The Kier molecular flexibility index (Phi) is 11.0. The molecule has 2 aliphatic rings. The molecular weight excluding hydrogens is 558 g/mol. The van der Waals surface area contributed by atoms with E-state index in [2.05, 4.69) is 6.58 Å². The maximum Gasteiger partial charge on any atom is 0.373 e. The zero-order chi connectivity index (χ0) is 31.3. The van der Waals surface area contributed by atoms with Crippen molar-refractivity contribution >= 4 is 24.0 Å². The summed E-state index contributed by atoms with van der Waals surface area (Å²) in [5.41, 5.74) is -0.122. The van der Waals surface area contributed by atoms with Crippen LogP contribution in [0.4, 0.5) is 0 Å². The van der Waals surface area contributed by atoms with Crippen molar-refractivity contribution in [1.82, 2.24) is 0 Å². The van der Waals surface area contributed by atoms with Crippen molar-refractivity contribution in [2.45, 2.75) is 63.3 Å². The van der Waals surface area contributed by atoms with E-state index >= 15 is 0 Å². The summed E-state index contributed by atoms with van der Waals surface area (Å²) in [6.45, 7) is 6.71. The quantitative estimate of drug-likeness (QED) is 0.124. The molecule has 3 heterocycles. The van der Waals surface area contributed by atoms with Crippen molar-refractivity contribution in [2.75, 3.05) is 6.61 Å². The third kappa shape index (κ3) is 7.40. The number of aliphatic hydroxyl groups is 4. The number of carbonyl (C=O) groups is 3. The number of aliphatic carboxylic acids is 2. The maximum atomic E-state index is 12.1. The highest BCUT2D eigenvalue weighted by molar-refractivity contribution is 5.88. The maximum absolute atomic E-state index is 12.1. The summed E-state index contributed by atoms with van der Waals surface area (Å²) >= 11 is 0. The number of aliphatic hydroxyl groups excluding tert-OH is 4. The van der Waals surface area contributed by atoms with E-state index in [1.165, 1.54) is 41.3 Å². The minimum absolute atomic E-state index is 0.00874. The molecule has 14 nitrogen and oxygen atoms in total. The molecule has 7 N–H and O–H groups in total. The molecule has 0 saturated carbocycles. The van der Waals surface area contributed by atoms with Gasteiger partial charge in [-0.15, -0.1) is 6.58 Å². The lowest BCUT2D eigenvalue weighted by molar-refractivity contribution is -0.712. The summed E-state index contributed by atoms with van der Waals surface area (Å²) in [6.07, 6.45) is -1.15. The molecule has 0 bridgehead atoms. The van der Waals surface area contributed by atoms with Crippen LogP contribution >= 0.6 is 0 Å². The summed E-state index contributed by atoms with van der Waals surface area (Å²) in [4.78, 5) is 35.8. The van der Waals surface area contributed by atoms with Gasteiger partial charge in [0.25, 0.3) is 6.04 Å². The average Bonchev–Trinajstić information content (AvgIpc) is 2.94. The first-order valence-corrected chi connectivity index (χ1v) is 13.2. The number of aromatic carboxylic acids is 1. The zero-order valence-electron chi connectivity index (χ0n) is 23.0. The zero-order valence-corrected chi connectivity index (χ0v) is 23.0. The Balaban J connectivity index is 1.97. The number of carboxylic acid groups (broad SMARTS) is 3. The second-order valence-electron chi connectivity index (χ2n) is 10.5. The van der Waals surface area contributed by atoms with Crippen LogP contribution in [-0.4, -0.2) is 97.3 Å². The van der Waals surface area contributed by atoms with Gasteiger partial charge in [-0.25, -0.2) is 14.4 Å². The Morgan fingerprint density at radius 2 is 1.74 bits per heavy atom. The van der Waals surface area contributed by atoms with E-state index < -0.39 is 79.4 Å². The highest BCUT2D eigenvalue weighted by Crippen LogP contribution is 2.36. The van der Waals surface area contributed by atoms with Gasteiger partial charge in [0, 0.05) is 17.9 Å². The van der Waals surface area contributed by atoms with Crippen LogP contribution in [0.2, 0.25) is 0 Å². The van der Waals surface area contributed by atoms with Crippen molar-refractivity contribution < 1.29 is 68.9 Å². The van der Waals surface area contributed by atoms with Gasteiger partial charge in [0.2, 0.25) is 6.29 Å². The Labute approximate surface area is 241 Å². The Bertz CT molecular complexity index is 1230. The van der Waals surface area contributed by atoms with Gasteiger partial charge in [-0.05, 0) is 12.0 Å². The van der Waals surface area contributed by atoms with Crippen molar-refractivity contribution in [2.24, 2.45) is 17.8 Å². The summed E-state index contributed by atoms with van der Waals surface area (Å²) in [6, 6.07) is 0.254. The average molecular weight is 595 g/mol. The molecule has 1 fully saturated rings. The van der Waals surface area contributed by atoms with E-state index in [1.807, 2.05) is 13.8 Å². The second-order valence-corrected chi connectivity index (χ2v) is 10.5. The van der Waals surface area contributed by atoms with Gasteiger partial charge in [0.15, 0.2) is 18.7 Å². The summed E-state index contributed by atoms with van der Waals surface area (Å²) in [7, 11) is 0. The molecule has 2 aliphatic heterocycles. The predicted molar refractivity (Wildman–Crippen MR) is 141 cm³/mol. The predicted octanol–water partition coefficient (Wildman–Crippen LogP) is -0.0830. The summed E-state index contributed by atoms with van der Waals surface area (Å²) in [5.74, 6) is -5.68. The van der Waals surface area contributed by atoms with Gasteiger partial charge in [0.05, 0.1) is 24.4 Å². The first-order chi connectivity index (χ1) is 19.8. The van der Waals surface area contributed by atoms with E-state index in [0.29, 0.717) is 0 Å². The van der Waals surface area contributed by atoms with Crippen molar-refractivity contribution in [1.29, 1.82) is 0 Å². The molecule has 3 rings (SSSR count). The third-order valence-corrected chi connectivity index (χ3v) is 7.04. The number of hydrogen-bond acceptors (Lipinski definition) is 10. The van der Waals surface area contributed by atoms with Gasteiger partial charge >= 0.3 is 17.9 Å². The molecule has 230 valence electrons. The highest BCUT2D eigenvalue weighted by atomic mass is 16.8. The molecule has 0 radical (unpaired) electrons. The Morgan fingerprint density at radius 1 is 1.05 bits per heavy atom. The molecule has 0 unspecified atom stereocenters. The van der Waals surface area contributed by atoms with Gasteiger partial charge < -0.3 is 50.0 Å². The van der Waals surface area contributed by atoms with Crippen LogP contribution in [0.3, 0.4) is 0 Å². The van der Waals surface area contributed by atoms with Gasteiger partial charge in [-0.1, -0.05) is 32.1 Å². The van der Waals surface area contributed by atoms with Crippen molar-refractivity contribution in [3.63, 3.8) is 0 Å². The normalized spacial score (nSPS) is 30.4. The number of ether oxygens (including phenoxy) is 3. The Morgan fingerprint density at radius 3 is 2.29 bits per heavy atom. The van der Waals surface area contributed by atoms with Crippen LogP contribution < -0.4 is 4.57 Å². The van der Waals surface area contributed by atoms with Gasteiger partial charge in [-0.3, -0.25) is 0 Å². The van der Waals surface area contributed by atoms with Crippen LogP contribution in [0.5, 0.6) is 0 Å². The largest absolute Gasteiger partial charge is 0.478 e. The number of carboxylic acids is 3. The third-order valence-electron chi connectivity index (χ3n) is 7.04. The van der Waals surface area contributed by atoms with E-state index in [9.17, 15) is 50.1 Å². The smallest absolute Gasteiger partial charge is 0.373 e. The number of hydrogen-bond donors (Lipinski definition) is 7. The molecule has 0 aliphatic carbocycles. The molecule has 0 aromatic carbocycles. The van der Waals surface area contributed by atoms with Crippen LogP contribution in [0.25, 0.3) is 6.08 Å². The monoisotopic (exact) mass is 594 g/mol. The van der Waals surface area contributed by atoms with Crippen LogP contribution in [0, 0.1) is 17.8 Å².